The fourth-order valence-electron chi connectivity index (χ4n) is 1.41. The van der Waals surface area contributed by atoms with E-state index in [2.05, 4.69) is 9.97 Å². The van der Waals surface area contributed by atoms with Crippen LogP contribution in [0.3, 0.4) is 0 Å². The third-order valence-corrected chi connectivity index (χ3v) is 2.23. The van der Waals surface area contributed by atoms with Gasteiger partial charge in [0.25, 0.3) is 0 Å². The summed E-state index contributed by atoms with van der Waals surface area (Å²) in [6.07, 6.45) is 5.92. The number of rotatable bonds is 3. The van der Waals surface area contributed by atoms with Crippen molar-refractivity contribution in [1.82, 2.24) is 14.4 Å². The van der Waals surface area contributed by atoms with E-state index in [0.717, 1.165) is 11.3 Å². The number of imidazole rings is 1. The molecular formula is C10H11N3O2. The number of hydrogen-bond donors (Lipinski definition) is 1. The summed E-state index contributed by atoms with van der Waals surface area (Å²) in [6.45, 7) is 1.93. The van der Waals surface area contributed by atoms with E-state index in [-0.39, 0.29) is 6.42 Å². The van der Waals surface area contributed by atoms with Gasteiger partial charge in [-0.3, -0.25) is 9.20 Å². The zero-order chi connectivity index (χ0) is 10.8. The lowest BCUT2D eigenvalue weighted by molar-refractivity contribution is -0.136. The SMILES string of the molecule is Cc1cnc2ncc(CCC(=O)O)cn12. The highest BCUT2D eigenvalue weighted by Gasteiger charge is 2.03. The summed E-state index contributed by atoms with van der Waals surface area (Å²) >= 11 is 0. The highest BCUT2D eigenvalue weighted by molar-refractivity contribution is 5.67. The molecule has 0 aliphatic heterocycles. The van der Waals surface area contributed by atoms with Crippen molar-refractivity contribution in [1.29, 1.82) is 0 Å². The number of carbonyl (C=O) groups is 1. The number of aryl methyl sites for hydroxylation is 2. The number of aromatic nitrogens is 3. The molecule has 1 N–H and O–H groups in total. The second-order valence-corrected chi connectivity index (χ2v) is 3.43. The fraction of sp³-hybridized carbons (Fsp3) is 0.300. The lowest BCUT2D eigenvalue weighted by atomic mass is 10.2. The number of hydrogen-bond acceptors (Lipinski definition) is 3. The summed E-state index contributed by atoms with van der Waals surface area (Å²) in [5, 5.41) is 8.56. The smallest absolute Gasteiger partial charge is 0.303 e. The molecule has 2 aromatic heterocycles. The van der Waals surface area contributed by atoms with Crippen molar-refractivity contribution in [2.75, 3.05) is 0 Å². The standard InChI is InChI=1S/C10H11N3O2/c1-7-4-11-10-12-5-8(6-13(7)10)2-3-9(14)15/h4-6H,2-3H2,1H3,(H,14,15). The average Bonchev–Trinajstić information content (AvgIpc) is 2.57. The first-order valence-electron chi connectivity index (χ1n) is 4.67. The van der Waals surface area contributed by atoms with Crippen LogP contribution in [0.4, 0.5) is 0 Å². The minimum absolute atomic E-state index is 0.126. The molecule has 15 heavy (non-hydrogen) atoms. The Morgan fingerprint density at radius 3 is 2.93 bits per heavy atom. The molecule has 2 heterocycles. The third kappa shape index (κ3) is 1.96. The fourth-order valence-corrected chi connectivity index (χ4v) is 1.41. The lowest BCUT2D eigenvalue weighted by Gasteiger charge is -2.00. The molecule has 2 aromatic rings. The number of fused-ring (bicyclic) bond motifs is 1. The Bertz CT molecular complexity index is 504. The third-order valence-electron chi connectivity index (χ3n) is 2.23. The molecule has 0 radical (unpaired) electrons. The van der Waals surface area contributed by atoms with E-state index >= 15 is 0 Å². The van der Waals surface area contributed by atoms with Crippen molar-refractivity contribution >= 4 is 11.7 Å². The van der Waals surface area contributed by atoms with Crippen molar-refractivity contribution in [3.05, 3.63) is 29.8 Å². The molecule has 78 valence electrons. The van der Waals surface area contributed by atoms with Crippen LogP contribution in [0.25, 0.3) is 5.78 Å². The quantitative estimate of drug-likeness (QED) is 0.813. The zero-order valence-electron chi connectivity index (χ0n) is 8.34. The number of nitrogens with zero attached hydrogens (tertiary/aromatic N) is 3. The van der Waals surface area contributed by atoms with Crippen LogP contribution in [-0.4, -0.2) is 25.4 Å². The molecular weight excluding hydrogens is 194 g/mol. The van der Waals surface area contributed by atoms with Gasteiger partial charge in [-0.1, -0.05) is 0 Å². The van der Waals surface area contributed by atoms with Gasteiger partial charge in [-0.05, 0) is 18.9 Å². The maximum atomic E-state index is 10.4. The number of carboxylic acids is 1. The minimum Gasteiger partial charge on any atom is -0.481 e. The lowest BCUT2D eigenvalue weighted by Crippen LogP contribution is -2.00. The van der Waals surface area contributed by atoms with Crippen molar-refractivity contribution in [2.45, 2.75) is 19.8 Å². The Morgan fingerprint density at radius 2 is 2.20 bits per heavy atom. The maximum Gasteiger partial charge on any atom is 0.303 e. The molecule has 0 aliphatic rings. The predicted molar refractivity (Wildman–Crippen MR) is 53.7 cm³/mol. The van der Waals surface area contributed by atoms with Crippen LogP contribution in [0.1, 0.15) is 17.7 Å². The molecule has 0 aliphatic carbocycles. The topological polar surface area (TPSA) is 67.5 Å². The normalized spacial score (nSPS) is 10.7. The minimum atomic E-state index is -0.794. The summed E-state index contributed by atoms with van der Waals surface area (Å²) in [5.74, 6) is -0.149. The molecule has 0 unspecified atom stereocenters. The summed E-state index contributed by atoms with van der Waals surface area (Å²) < 4.78 is 1.86. The van der Waals surface area contributed by atoms with E-state index in [1.165, 1.54) is 0 Å². The van der Waals surface area contributed by atoms with Crippen LogP contribution in [0.2, 0.25) is 0 Å². The summed E-state index contributed by atoms with van der Waals surface area (Å²) in [5.41, 5.74) is 1.90. The molecule has 0 saturated carbocycles. The highest BCUT2D eigenvalue weighted by atomic mass is 16.4. The Labute approximate surface area is 86.4 Å². The average molecular weight is 205 g/mol. The van der Waals surface area contributed by atoms with Gasteiger partial charge in [0.05, 0.1) is 6.20 Å². The van der Waals surface area contributed by atoms with E-state index in [1.807, 2.05) is 17.5 Å². The molecule has 5 nitrogen and oxygen atoms in total. The molecule has 0 amide bonds. The Balaban J connectivity index is 2.29. The molecule has 0 bridgehead atoms. The van der Waals surface area contributed by atoms with Gasteiger partial charge in [-0.25, -0.2) is 9.97 Å². The van der Waals surface area contributed by atoms with Gasteiger partial charge >= 0.3 is 5.97 Å². The van der Waals surface area contributed by atoms with E-state index < -0.39 is 5.97 Å². The van der Waals surface area contributed by atoms with Gasteiger partial charge in [0, 0.05) is 24.5 Å². The highest BCUT2D eigenvalue weighted by Crippen LogP contribution is 2.07. The molecule has 0 atom stereocenters. The summed E-state index contributed by atoms with van der Waals surface area (Å²) in [4.78, 5) is 18.6. The molecule has 0 spiro atoms. The van der Waals surface area contributed by atoms with Crippen LogP contribution in [-0.2, 0) is 11.2 Å². The largest absolute Gasteiger partial charge is 0.481 e. The van der Waals surface area contributed by atoms with Crippen molar-refractivity contribution in [2.24, 2.45) is 0 Å². The first-order valence-corrected chi connectivity index (χ1v) is 4.67. The molecule has 2 rings (SSSR count). The second-order valence-electron chi connectivity index (χ2n) is 3.43. The first kappa shape index (κ1) is 9.64. The summed E-state index contributed by atoms with van der Waals surface area (Å²) in [7, 11) is 0. The van der Waals surface area contributed by atoms with Crippen molar-refractivity contribution < 1.29 is 9.90 Å². The van der Waals surface area contributed by atoms with Crippen molar-refractivity contribution in [3.8, 4) is 0 Å². The Hall–Kier alpha value is -1.91. The van der Waals surface area contributed by atoms with Crippen LogP contribution in [0, 0.1) is 6.92 Å². The molecule has 0 fully saturated rings. The van der Waals surface area contributed by atoms with Gasteiger partial charge in [0.2, 0.25) is 5.78 Å². The first-order chi connectivity index (χ1) is 7.16. The molecule has 5 heteroatoms. The van der Waals surface area contributed by atoms with E-state index in [4.69, 9.17) is 5.11 Å². The summed E-state index contributed by atoms with van der Waals surface area (Å²) in [6, 6.07) is 0. The molecule has 0 saturated heterocycles. The van der Waals surface area contributed by atoms with E-state index in [0.29, 0.717) is 12.2 Å². The Morgan fingerprint density at radius 1 is 1.47 bits per heavy atom. The monoisotopic (exact) mass is 205 g/mol. The van der Waals surface area contributed by atoms with Crippen LogP contribution >= 0.6 is 0 Å². The van der Waals surface area contributed by atoms with Crippen LogP contribution in [0.5, 0.6) is 0 Å². The van der Waals surface area contributed by atoms with Gasteiger partial charge in [0.1, 0.15) is 0 Å². The van der Waals surface area contributed by atoms with Crippen LogP contribution < -0.4 is 0 Å². The predicted octanol–water partition coefficient (Wildman–Crippen LogP) is 1.05. The number of carboxylic acid groups (broad SMARTS) is 1. The van der Waals surface area contributed by atoms with Gasteiger partial charge < -0.3 is 5.11 Å². The van der Waals surface area contributed by atoms with E-state index in [1.54, 1.807) is 12.4 Å². The zero-order valence-corrected chi connectivity index (χ0v) is 8.34. The molecule has 0 aromatic carbocycles. The van der Waals surface area contributed by atoms with E-state index in [9.17, 15) is 4.79 Å². The maximum absolute atomic E-state index is 10.4. The van der Waals surface area contributed by atoms with Crippen LogP contribution in [0.15, 0.2) is 18.6 Å². The van der Waals surface area contributed by atoms with Gasteiger partial charge in [-0.2, -0.15) is 0 Å². The second kappa shape index (κ2) is 3.68. The van der Waals surface area contributed by atoms with Gasteiger partial charge in [-0.15, -0.1) is 0 Å². The van der Waals surface area contributed by atoms with Crippen molar-refractivity contribution in [3.63, 3.8) is 0 Å². The number of aliphatic carboxylic acids is 1. The van der Waals surface area contributed by atoms with Gasteiger partial charge in [0.15, 0.2) is 0 Å². The Kier molecular flexibility index (Phi) is 2.37.